The van der Waals surface area contributed by atoms with E-state index in [-0.39, 0.29) is 13.1 Å². The summed E-state index contributed by atoms with van der Waals surface area (Å²) in [6.07, 6.45) is 5.26. The van der Waals surface area contributed by atoms with Gasteiger partial charge in [-0.3, -0.25) is 9.99 Å². The molecule has 0 saturated heterocycles. The molecule has 184 valence electrons. The molecule has 2 amide bonds. The van der Waals surface area contributed by atoms with Crippen molar-refractivity contribution in [3.8, 4) is 0 Å². The van der Waals surface area contributed by atoms with Crippen LogP contribution in [0.25, 0.3) is 0 Å². The van der Waals surface area contributed by atoms with Crippen LogP contribution in [-0.4, -0.2) is 39.5 Å². The fraction of sp³-hybridized carbons (Fsp3) is 0.226. The van der Waals surface area contributed by atoms with Crippen LogP contribution in [-0.2, 0) is 26.1 Å². The zero-order valence-electron chi connectivity index (χ0n) is 21.6. The Hall–Kier alpha value is -3.96. The molecule has 36 heavy (non-hydrogen) atoms. The summed E-state index contributed by atoms with van der Waals surface area (Å²) in [5.41, 5.74) is 4.38. The number of urea groups is 1. The number of nitrogens with zero attached hydrogens (tertiary/aromatic N) is 4. The Labute approximate surface area is 216 Å². The van der Waals surface area contributed by atoms with Gasteiger partial charge in [0.2, 0.25) is 0 Å². The standard InChI is InChI=1S/C31H34N4O/c1-33(24-28-14-7-3-8-15-28)35(26-29-16-9-4-10-17-29)31(36)34(25-30-19-21-32-22-20-30)23-11-18-27-12-5-2-6-13-27/h2-10,12-17,19-22H,11,18,23-26H2,1H3/i1D. The maximum Gasteiger partial charge on any atom is 0.335 e. The summed E-state index contributed by atoms with van der Waals surface area (Å²) in [6, 6.07) is 34.2. The van der Waals surface area contributed by atoms with Crippen LogP contribution < -0.4 is 0 Å². The lowest BCUT2D eigenvalue weighted by Gasteiger charge is -2.36. The second kappa shape index (κ2) is 13.2. The van der Waals surface area contributed by atoms with Crippen molar-refractivity contribution in [1.29, 1.82) is 0 Å². The first kappa shape index (κ1) is 23.8. The predicted molar refractivity (Wildman–Crippen MR) is 145 cm³/mol. The highest BCUT2D eigenvalue weighted by Crippen LogP contribution is 2.16. The molecule has 5 heteroatoms. The van der Waals surface area contributed by atoms with Gasteiger partial charge in [0, 0.05) is 40.4 Å². The van der Waals surface area contributed by atoms with Crippen LogP contribution in [0.5, 0.6) is 0 Å². The molecule has 1 heterocycles. The van der Waals surface area contributed by atoms with Crippen molar-refractivity contribution in [3.63, 3.8) is 0 Å². The Bertz CT molecular complexity index is 1190. The number of hydrogen-bond acceptors (Lipinski definition) is 3. The van der Waals surface area contributed by atoms with Gasteiger partial charge >= 0.3 is 6.03 Å². The van der Waals surface area contributed by atoms with E-state index < -0.39 is 0 Å². The number of amides is 2. The van der Waals surface area contributed by atoms with Crippen molar-refractivity contribution in [3.05, 3.63) is 138 Å². The number of aryl methyl sites for hydroxylation is 1. The number of benzene rings is 3. The maximum absolute atomic E-state index is 14.2. The SMILES string of the molecule is [2H]CN(Cc1ccccc1)N(Cc1ccccc1)C(=O)N(CCCc1ccccc1)Cc1ccncc1. The van der Waals surface area contributed by atoms with Gasteiger partial charge in [0.1, 0.15) is 0 Å². The molecule has 0 unspecified atom stereocenters. The smallest absolute Gasteiger partial charge is 0.319 e. The van der Waals surface area contributed by atoms with Crippen molar-refractivity contribution < 1.29 is 6.17 Å². The Balaban J connectivity index is 1.58. The summed E-state index contributed by atoms with van der Waals surface area (Å²) in [7, 11) is -0.0272. The van der Waals surface area contributed by atoms with Crippen LogP contribution >= 0.6 is 0 Å². The molecule has 0 aliphatic carbocycles. The van der Waals surface area contributed by atoms with Crippen molar-refractivity contribution in [2.24, 2.45) is 0 Å². The number of carbonyl (C=O) groups is 1. The fourth-order valence-corrected chi connectivity index (χ4v) is 4.16. The Morgan fingerprint density at radius 2 is 1.22 bits per heavy atom. The van der Waals surface area contributed by atoms with E-state index in [9.17, 15) is 4.79 Å². The lowest BCUT2D eigenvalue weighted by Crippen LogP contribution is -2.50. The molecule has 0 atom stereocenters. The third-order valence-corrected chi connectivity index (χ3v) is 6.07. The van der Waals surface area contributed by atoms with Gasteiger partial charge in [0.25, 0.3) is 0 Å². The van der Waals surface area contributed by atoms with E-state index in [2.05, 4.69) is 17.1 Å². The number of aromatic nitrogens is 1. The molecule has 0 spiro atoms. The Morgan fingerprint density at radius 1 is 0.694 bits per heavy atom. The van der Waals surface area contributed by atoms with Gasteiger partial charge in [-0.15, -0.1) is 0 Å². The highest BCUT2D eigenvalue weighted by molar-refractivity contribution is 5.74. The normalized spacial score (nSPS) is 11.2. The second-order valence-corrected chi connectivity index (χ2v) is 8.84. The third-order valence-electron chi connectivity index (χ3n) is 6.07. The molecule has 3 aromatic carbocycles. The van der Waals surface area contributed by atoms with Crippen molar-refractivity contribution >= 4 is 6.03 Å². The number of pyridine rings is 1. The first-order chi connectivity index (χ1) is 18.2. The van der Waals surface area contributed by atoms with Gasteiger partial charge in [0.15, 0.2) is 0 Å². The van der Waals surface area contributed by atoms with Gasteiger partial charge in [-0.25, -0.2) is 9.80 Å². The van der Waals surface area contributed by atoms with Crippen molar-refractivity contribution in [2.75, 3.05) is 13.6 Å². The summed E-state index contributed by atoms with van der Waals surface area (Å²) >= 11 is 0. The molecule has 5 nitrogen and oxygen atoms in total. The molecule has 0 N–H and O–H groups in total. The van der Waals surface area contributed by atoms with Crippen LogP contribution in [0.3, 0.4) is 0 Å². The quantitative estimate of drug-likeness (QED) is 0.241. The largest absolute Gasteiger partial charge is 0.335 e. The minimum atomic E-state index is -0.100. The molecule has 1 aromatic heterocycles. The lowest BCUT2D eigenvalue weighted by atomic mass is 10.1. The van der Waals surface area contributed by atoms with Gasteiger partial charge in [-0.05, 0) is 47.2 Å². The predicted octanol–water partition coefficient (Wildman–Crippen LogP) is 6.19. The molecule has 4 aromatic rings. The van der Waals surface area contributed by atoms with E-state index in [0.29, 0.717) is 26.2 Å². The Kier molecular flexibility index (Phi) is 8.72. The zero-order chi connectivity index (χ0) is 25.7. The lowest BCUT2D eigenvalue weighted by molar-refractivity contribution is 0.00495. The van der Waals surface area contributed by atoms with E-state index in [1.165, 1.54) is 5.56 Å². The summed E-state index contributed by atoms with van der Waals surface area (Å²) < 4.78 is 8.32. The first-order valence-electron chi connectivity index (χ1n) is 13.0. The van der Waals surface area contributed by atoms with Crippen LogP contribution in [0.4, 0.5) is 4.79 Å². The Morgan fingerprint density at radius 3 is 1.81 bits per heavy atom. The van der Waals surface area contributed by atoms with E-state index in [1.807, 2.05) is 101 Å². The molecule has 0 aliphatic heterocycles. The molecule has 4 rings (SSSR count). The summed E-state index contributed by atoms with van der Waals surface area (Å²) in [5, 5.41) is 3.56. The van der Waals surface area contributed by atoms with E-state index in [4.69, 9.17) is 1.37 Å². The zero-order valence-corrected chi connectivity index (χ0v) is 20.6. The van der Waals surface area contributed by atoms with Gasteiger partial charge < -0.3 is 4.90 Å². The van der Waals surface area contributed by atoms with Crippen LogP contribution in [0.2, 0.25) is 0 Å². The third kappa shape index (κ3) is 7.52. The van der Waals surface area contributed by atoms with Gasteiger partial charge in [-0.2, -0.15) is 0 Å². The maximum atomic E-state index is 14.2. The molecule has 0 radical (unpaired) electrons. The van der Waals surface area contributed by atoms with Crippen LogP contribution in [0, 0.1) is 0 Å². The van der Waals surface area contributed by atoms with Crippen LogP contribution in [0.15, 0.2) is 116 Å². The second-order valence-electron chi connectivity index (χ2n) is 8.84. The highest BCUT2D eigenvalue weighted by Gasteiger charge is 2.25. The number of rotatable bonds is 11. The van der Waals surface area contributed by atoms with Gasteiger partial charge in [-0.1, -0.05) is 91.0 Å². The average molecular weight is 480 g/mol. The van der Waals surface area contributed by atoms with Gasteiger partial charge in [0.05, 0.1) is 6.54 Å². The van der Waals surface area contributed by atoms with E-state index in [0.717, 1.165) is 29.5 Å². The van der Waals surface area contributed by atoms with Crippen molar-refractivity contribution in [2.45, 2.75) is 32.5 Å². The molecule has 0 saturated carbocycles. The number of carbonyl (C=O) groups excluding carboxylic acids is 1. The topological polar surface area (TPSA) is 39.7 Å². The van der Waals surface area contributed by atoms with E-state index >= 15 is 0 Å². The molecule has 0 fully saturated rings. The number of hydrogen-bond donors (Lipinski definition) is 0. The van der Waals surface area contributed by atoms with Crippen LogP contribution in [0.1, 0.15) is 30.0 Å². The highest BCUT2D eigenvalue weighted by atomic mass is 16.2. The minimum absolute atomic E-state index is 0.0272. The van der Waals surface area contributed by atoms with E-state index in [1.54, 1.807) is 17.4 Å². The summed E-state index contributed by atoms with van der Waals surface area (Å²) in [6.45, 7) is 1.98. The molecule has 0 bridgehead atoms. The summed E-state index contributed by atoms with van der Waals surface area (Å²) in [4.78, 5) is 20.2. The monoisotopic (exact) mass is 479 g/mol. The number of hydrazine groups is 1. The fourth-order valence-electron chi connectivity index (χ4n) is 4.16. The average Bonchev–Trinajstić information content (AvgIpc) is 2.96. The molecule has 0 aliphatic rings. The first-order valence-corrected chi connectivity index (χ1v) is 12.3. The molecular formula is C31H34N4O. The van der Waals surface area contributed by atoms with Crippen molar-refractivity contribution in [1.82, 2.24) is 19.9 Å². The minimum Gasteiger partial charge on any atom is -0.319 e. The molecular weight excluding hydrogens is 444 g/mol. The summed E-state index contributed by atoms with van der Waals surface area (Å²) in [5.74, 6) is 0.